The van der Waals surface area contributed by atoms with Gasteiger partial charge in [0.1, 0.15) is 0 Å². The van der Waals surface area contributed by atoms with Crippen molar-refractivity contribution in [1.82, 2.24) is 10.2 Å². The monoisotopic (exact) mass is 263 g/mol. The van der Waals surface area contributed by atoms with Gasteiger partial charge in [0, 0.05) is 12.2 Å². The van der Waals surface area contributed by atoms with Crippen LogP contribution in [0.4, 0.5) is 5.69 Å². The highest BCUT2D eigenvalue weighted by molar-refractivity contribution is 5.78. The maximum Gasteiger partial charge on any atom is 0.224 e. The number of rotatable bonds is 8. The van der Waals surface area contributed by atoms with E-state index < -0.39 is 0 Å². The minimum absolute atomic E-state index is 0.0734. The lowest BCUT2D eigenvalue weighted by Crippen LogP contribution is -2.30. The topological polar surface area (TPSA) is 58.4 Å². The first-order valence-corrected chi connectivity index (χ1v) is 6.99. The summed E-state index contributed by atoms with van der Waals surface area (Å²) in [5.41, 5.74) is 7.33. The molecule has 0 unspecified atom stereocenters. The summed E-state index contributed by atoms with van der Waals surface area (Å²) in [6, 6.07) is 7.43. The highest BCUT2D eigenvalue weighted by atomic mass is 16.1. The third-order valence-electron chi connectivity index (χ3n) is 3.21. The Morgan fingerprint density at radius 2 is 1.84 bits per heavy atom. The average Bonchev–Trinajstić information content (AvgIpc) is 2.42. The van der Waals surface area contributed by atoms with Crippen LogP contribution in [0, 0.1) is 0 Å². The Bertz CT molecular complexity index is 371. The van der Waals surface area contributed by atoms with Crippen molar-refractivity contribution in [3.05, 3.63) is 29.8 Å². The molecule has 0 aliphatic rings. The van der Waals surface area contributed by atoms with Gasteiger partial charge >= 0.3 is 0 Å². The van der Waals surface area contributed by atoms with Crippen molar-refractivity contribution in [3.63, 3.8) is 0 Å². The van der Waals surface area contributed by atoms with Crippen LogP contribution in [0.2, 0.25) is 0 Å². The van der Waals surface area contributed by atoms with Crippen molar-refractivity contribution in [2.45, 2.75) is 26.7 Å². The summed E-state index contributed by atoms with van der Waals surface area (Å²) in [6.07, 6.45) is 1.42. The van der Waals surface area contributed by atoms with Gasteiger partial charge in [-0.2, -0.15) is 0 Å². The van der Waals surface area contributed by atoms with E-state index in [1.165, 1.54) is 0 Å². The largest absolute Gasteiger partial charge is 0.399 e. The summed E-state index contributed by atoms with van der Waals surface area (Å²) < 4.78 is 0. The number of carbonyl (C=O) groups is 1. The minimum Gasteiger partial charge on any atom is -0.399 e. The molecule has 1 aromatic rings. The molecule has 106 valence electrons. The van der Waals surface area contributed by atoms with Crippen LogP contribution < -0.4 is 11.1 Å². The number of benzene rings is 1. The third-order valence-corrected chi connectivity index (χ3v) is 3.21. The molecular formula is C15H25N3O. The fourth-order valence-corrected chi connectivity index (χ4v) is 1.95. The first-order valence-electron chi connectivity index (χ1n) is 6.99. The summed E-state index contributed by atoms with van der Waals surface area (Å²) in [4.78, 5) is 14.1. The third kappa shape index (κ3) is 6.25. The van der Waals surface area contributed by atoms with Gasteiger partial charge in [0.15, 0.2) is 0 Å². The second-order valence-corrected chi connectivity index (χ2v) is 4.65. The van der Waals surface area contributed by atoms with Gasteiger partial charge in [-0.1, -0.05) is 26.0 Å². The summed E-state index contributed by atoms with van der Waals surface area (Å²) in [5, 5.41) is 2.95. The smallest absolute Gasteiger partial charge is 0.224 e. The number of nitrogens with one attached hydrogen (secondary N) is 1. The second-order valence-electron chi connectivity index (χ2n) is 4.65. The lowest BCUT2D eigenvalue weighted by atomic mass is 10.1. The molecule has 1 rings (SSSR count). The number of anilines is 1. The van der Waals surface area contributed by atoms with E-state index in [2.05, 4.69) is 24.1 Å². The van der Waals surface area contributed by atoms with E-state index in [0.717, 1.165) is 43.9 Å². The van der Waals surface area contributed by atoms with Crippen LogP contribution in [0.3, 0.4) is 0 Å². The van der Waals surface area contributed by atoms with Gasteiger partial charge in [-0.05, 0) is 43.8 Å². The number of nitrogens with zero attached hydrogens (tertiary/aromatic N) is 1. The predicted octanol–water partition coefficient (Wildman–Crippen LogP) is 1.66. The molecule has 0 aromatic heterocycles. The Kier molecular flexibility index (Phi) is 6.97. The first kappa shape index (κ1) is 15.5. The zero-order valence-corrected chi connectivity index (χ0v) is 12.0. The molecule has 0 radical (unpaired) electrons. The molecule has 0 fully saturated rings. The summed E-state index contributed by atoms with van der Waals surface area (Å²) in [7, 11) is 0. The van der Waals surface area contributed by atoms with Crippen molar-refractivity contribution in [2.24, 2.45) is 0 Å². The van der Waals surface area contributed by atoms with Crippen LogP contribution in [0.15, 0.2) is 24.3 Å². The van der Waals surface area contributed by atoms with Crippen molar-refractivity contribution < 1.29 is 4.79 Å². The second kappa shape index (κ2) is 8.53. The number of carbonyl (C=O) groups excluding carboxylic acids is 1. The fourth-order valence-electron chi connectivity index (χ4n) is 1.95. The maximum atomic E-state index is 11.7. The highest BCUT2D eigenvalue weighted by Crippen LogP contribution is 2.05. The molecule has 0 aliphatic carbocycles. The Morgan fingerprint density at radius 3 is 2.42 bits per heavy atom. The summed E-state index contributed by atoms with van der Waals surface area (Å²) >= 11 is 0. The summed E-state index contributed by atoms with van der Waals surface area (Å²) in [5.74, 6) is 0.0734. The van der Waals surface area contributed by atoms with Crippen LogP contribution in [0.1, 0.15) is 25.8 Å². The van der Waals surface area contributed by atoms with Gasteiger partial charge in [0.2, 0.25) is 5.91 Å². The zero-order valence-electron chi connectivity index (χ0n) is 12.0. The Balaban J connectivity index is 2.19. The van der Waals surface area contributed by atoms with E-state index in [0.29, 0.717) is 6.42 Å². The minimum atomic E-state index is 0.0734. The van der Waals surface area contributed by atoms with Crippen molar-refractivity contribution in [3.8, 4) is 0 Å². The molecule has 1 aromatic carbocycles. The Morgan fingerprint density at radius 1 is 1.21 bits per heavy atom. The predicted molar refractivity (Wildman–Crippen MR) is 80.0 cm³/mol. The van der Waals surface area contributed by atoms with Crippen LogP contribution in [-0.4, -0.2) is 37.0 Å². The van der Waals surface area contributed by atoms with E-state index in [4.69, 9.17) is 5.73 Å². The number of amides is 1. The summed E-state index contributed by atoms with van der Waals surface area (Å²) in [6.45, 7) is 8.22. The molecule has 19 heavy (non-hydrogen) atoms. The van der Waals surface area contributed by atoms with Crippen molar-refractivity contribution in [1.29, 1.82) is 0 Å². The number of hydrogen-bond donors (Lipinski definition) is 2. The molecular weight excluding hydrogens is 238 g/mol. The normalized spacial score (nSPS) is 10.7. The first-order chi connectivity index (χ1) is 9.15. The average molecular weight is 263 g/mol. The van der Waals surface area contributed by atoms with Crippen molar-refractivity contribution in [2.75, 3.05) is 31.9 Å². The standard InChI is InChI=1S/C15H25N3O/c1-3-18(4-2)11-5-10-17-15(19)12-13-6-8-14(16)9-7-13/h6-9H,3-5,10-12,16H2,1-2H3,(H,17,19). The van der Waals surface area contributed by atoms with Gasteiger partial charge < -0.3 is 16.0 Å². The maximum absolute atomic E-state index is 11.7. The lowest BCUT2D eigenvalue weighted by molar-refractivity contribution is -0.120. The van der Waals surface area contributed by atoms with Crippen molar-refractivity contribution >= 4 is 11.6 Å². The molecule has 0 saturated heterocycles. The Hall–Kier alpha value is -1.55. The molecule has 3 N–H and O–H groups in total. The quantitative estimate of drug-likeness (QED) is 0.554. The molecule has 0 atom stereocenters. The molecule has 0 heterocycles. The van der Waals surface area contributed by atoms with Crippen LogP contribution >= 0.6 is 0 Å². The van der Waals surface area contributed by atoms with E-state index in [-0.39, 0.29) is 5.91 Å². The van der Waals surface area contributed by atoms with Gasteiger partial charge in [-0.15, -0.1) is 0 Å². The molecule has 4 nitrogen and oxygen atoms in total. The van der Waals surface area contributed by atoms with Crippen LogP contribution in [-0.2, 0) is 11.2 Å². The molecule has 0 spiro atoms. The zero-order chi connectivity index (χ0) is 14.1. The van der Waals surface area contributed by atoms with E-state index in [9.17, 15) is 4.79 Å². The SMILES string of the molecule is CCN(CC)CCCNC(=O)Cc1ccc(N)cc1. The molecule has 0 saturated carbocycles. The lowest BCUT2D eigenvalue weighted by Gasteiger charge is -2.17. The highest BCUT2D eigenvalue weighted by Gasteiger charge is 2.03. The van der Waals surface area contributed by atoms with Gasteiger partial charge in [0.25, 0.3) is 0 Å². The van der Waals surface area contributed by atoms with Crippen LogP contribution in [0.25, 0.3) is 0 Å². The fraction of sp³-hybridized carbons (Fsp3) is 0.533. The van der Waals surface area contributed by atoms with Gasteiger partial charge in [0.05, 0.1) is 6.42 Å². The molecule has 1 amide bonds. The van der Waals surface area contributed by atoms with E-state index in [1.807, 2.05) is 24.3 Å². The Labute approximate surface area is 116 Å². The molecule has 4 heteroatoms. The van der Waals surface area contributed by atoms with E-state index in [1.54, 1.807) is 0 Å². The number of hydrogen-bond acceptors (Lipinski definition) is 3. The van der Waals surface area contributed by atoms with E-state index >= 15 is 0 Å². The molecule has 0 aliphatic heterocycles. The van der Waals surface area contributed by atoms with Gasteiger partial charge in [-0.25, -0.2) is 0 Å². The molecule has 0 bridgehead atoms. The number of nitrogens with two attached hydrogens (primary N) is 1. The van der Waals surface area contributed by atoms with Gasteiger partial charge in [-0.3, -0.25) is 4.79 Å². The van der Waals surface area contributed by atoms with Crippen LogP contribution in [0.5, 0.6) is 0 Å². The number of nitrogen functional groups attached to an aromatic ring is 1.